The summed E-state index contributed by atoms with van der Waals surface area (Å²) in [5.74, 6) is 0.528. The van der Waals surface area contributed by atoms with Crippen LogP contribution in [0.25, 0.3) is 11.5 Å². The molecule has 3 rings (SSSR count). The monoisotopic (exact) mass is 416 g/mol. The van der Waals surface area contributed by atoms with E-state index in [1.54, 1.807) is 0 Å². The Morgan fingerprint density at radius 2 is 1.79 bits per heavy atom. The van der Waals surface area contributed by atoms with Crippen molar-refractivity contribution >= 4 is 23.4 Å². The molecule has 1 atom stereocenters. The predicted octanol–water partition coefficient (Wildman–Crippen LogP) is 4.90. The number of nitrogens with zero attached hydrogens (tertiary/aromatic N) is 3. The van der Waals surface area contributed by atoms with E-state index in [0.717, 1.165) is 31.5 Å². The van der Waals surface area contributed by atoms with Gasteiger partial charge in [-0.1, -0.05) is 37.4 Å². The van der Waals surface area contributed by atoms with Gasteiger partial charge in [-0.05, 0) is 57.9 Å². The molecule has 158 valence electrons. The largest absolute Gasteiger partial charge is 0.411 e. The molecule has 0 unspecified atom stereocenters. The van der Waals surface area contributed by atoms with Gasteiger partial charge in [0.05, 0.1) is 5.25 Å². The second-order valence-corrected chi connectivity index (χ2v) is 8.84. The van der Waals surface area contributed by atoms with Crippen molar-refractivity contribution in [3.63, 3.8) is 0 Å². The van der Waals surface area contributed by atoms with Crippen molar-refractivity contribution in [3.8, 4) is 11.5 Å². The summed E-state index contributed by atoms with van der Waals surface area (Å²) in [6, 6.07) is 8.44. The molecule has 7 heteroatoms. The Morgan fingerprint density at radius 3 is 2.41 bits per heavy atom. The van der Waals surface area contributed by atoms with Gasteiger partial charge < -0.3 is 14.6 Å². The van der Waals surface area contributed by atoms with Crippen molar-refractivity contribution in [1.82, 2.24) is 15.5 Å². The average molecular weight is 417 g/mol. The lowest BCUT2D eigenvalue weighted by Crippen LogP contribution is -2.39. The first-order valence-corrected chi connectivity index (χ1v) is 11.6. The minimum Gasteiger partial charge on any atom is -0.411 e. The van der Waals surface area contributed by atoms with Crippen LogP contribution in [0.15, 0.2) is 33.9 Å². The molecule has 1 aliphatic rings. The summed E-state index contributed by atoms with van der Waals surface area (Å²) in [4.78, 5) is 14.8. The zero-order valence-electron chi connectivity index (χ0n) is 17.7. The minimum absolute atomic E-state index is 0.0465. The molecule has 1 aromatic carbocycles. The summed E-state index contributed by atoms with van der Waals surface area (Å²) >= 11 is 1.32. The van der Waals surface area contributed by atoms with Gasteiger partial charge in [0, 0.05) is 30.4 Å². The fourth-order valence-electron chi connectivity index (χ4n) is 3.72. The highest BCUT2D eigenvalue weighted by Gasteiger charge is 2.22. The molecule has 1 aliphatic carbocycles. The van der Waals surface area contributed by atoms with Gasteiger partial charge in [0.2, 0.25) is 11.8 Å². The summed E-state index contributed by atoms with van der Waals surface area (Å²) < 4.78 is 5.80. The van der Waals surface area contributed by atoms with Crippen LogP contribution in [0.4, 0.5) is 5.69 Å². The van der Waals surface area contributed by atoms with Crippen molar-refractivity contribution in [2.75, 3.05) is 18.0 Å². The number of carbonyl (C=O) groups excluding carboxylic acids is 1. The third-order valence-corrected chi connectivity index (χ3v) is 6.43. The van der Waals surface area contributed by atoms with E-state index in [1.165, 1.54) is 43.1 Å². The number of thioether (sulfide) groups is 1. The van der Waals surface area contributed by atoms with Crippen LogP contribution >= 0.6 is 11.8 Å². The Bertz CT molecular complexity index is 765. The van der Waals surface area contributed by atoms with Crippen LogP contribution in [-0.2, 0) is 4.79 Å². The van der Waals surface area contributed by atoms with E-state index in [2.05, 4.69) is 46.4 Å². The summed E-state index contributed by atoms with van der Waals surface area (Å²) in [5, 5.41) is 11.6. The molecule has 1 fully saturated rings. The molecule has 6 nitrogen and oxygen atoms in total. The lowest BCUT2D eigenvalue weighted by atomic mass is 10.1. The standard InChI is InChI=1S/C22H32N4O2S/c1-4-26(5-2)19-14-12-17(13-15-19)21-24-25-22(28-21)29-16(3)20(27)23-18-10-8-6-7-9-11-18/h12-16,18H,4-11H2,1-3H3,(H,23,27)/t16-/m1/s1. The van der Waals surface area contributed by atoms with E-state index >= 15 is 0 Å². The summed E-state index contributed by atoms with van der Waals surface area (Å²) in [6.07, 6.45) is 7.11. The Morgan fingerprint density at radius 1 is 1.14 bits per heavy atom. The van der Waals surface area contributed by atoms with Gasteiger partial charge in [0.1, 0.15) is 0 Å². The maximum Gasteiger partial charge on any atom is 0.277 e. The summed E-state index contributed by atoms with van der Waals surface area (Å²) in [7, 11) is 0. The van der Waals surface area contributed by atoms with Crippen molar-refractivity contribution in [2.45, 2.75) is 75.8 Å². The van der Waals surface area contributed by atoms with Crippen LogP contribution in [0.5, 0.6) is 0 Å². The highest BCUT2D eigenvalue weighted by atomic mass is 32.2. The molecule has 0 spiro atoms. The molecule has 0 saturated heterocycles. The molecule has 2 aromatic rings. The smallest absolute Gasteiger partial charge is 0.277 e. The quantitative estimate of drug-likeness (QED) is 0.487. The van der Waals surface area contributed by atoms with Crippen molar-refractivity contribution in [1.29, 1.82) is 0 Å². The SMILES string of the molecule is CCN(CC)c1ccc(-c2nnc(S[C@H](C)C(=O)NC3CCCCCC3)o2)cc1. The van der Waals surface area contributed by atoms with Crippen LogP contribution in [0.1, 0.15) is 59.3 Å². The number of hydrogen-bond acceptors (Lipinski definition) is 6. The number of nitrogens with one attached hydrogen (secondary N) is 1. The van der Waals surface area contributed by atoms with Crippen LogP contribution < -0.4 is 10.2 Å². The zero-order valence-corrected chi connectivity index (χ0v) is 18.5. The number of rotatable bonds is 8. The van der Waals surface area contributed by atoms with Gasteiger partial charge in [0.15, 0.2) is 0 Å². The zero-order chi connectivity index (χ0) is 20.6. The topological polar surface area (TPSA) is 71.3 Å². The molecule has 1 saturated carbocycles. The lowest BCUT2D eigenvalue weighted by molar-refractivity contribution is -0.121. The van der Waals surface area contributed by atoms with Crippen LogP contribution in [-0.4, -0.2) is 40.5 Å². The first kappa shape index (κ1) is 21.7. The second kappa shape index (κ2) is 10.7. The molecular weight excluding hydrogens is 384 g/mol. The van der Waals surface area contributed by atoms with Gasteiger partial charge in [-0.15, -0.1) is 10.2 Å². The molecule has 0 aliphatic heterocycles. The third-order valence-electron chi connectivity index (χ3n) is 5.50. The Hall–Kier alpha value is -2.02. The molecule has 1 amide bonds. The number of hydrogen-bond donors (Lipinski definition) is 1. The van der Waals surface area contributed by atoms with Gasteiger partial charge in [-0.2, -0.15) is 0 Å². The van der Waals surface area contributed by atoms with Crippen LogP contribution in [0.3, 0.4) is 0 Å². The summed E-state index contributed by atoms with van der Waals surface area (Å²) in [5.41, 5.74) is 2.06. The maximum atomic E-state index is 12.5. The normalized spacial score (nSPS) is 16.2. The second-order valence-electron chi connectivity index (χ2n) is 7.55. The van der Waals surface area contributed by atoms with Crippen molar-refractivity contribution in [2.24, 2.45) is 0 Å². The predicted molar refractivity (Wildman–Crippen MR) is 118 cm³/mol. The van der Waals surface area contributed by atoms with E-state index in [1.807, 2.05) is 19.1 Å². The molecular formula is C22H32N4O2S. The number of aromatic nitrogens is 2. The van der Waals surface area contributed by atoms with E-state index in [9.17, 15) is 4.79 Å². The Balaban J connectivity index is 1.57. The third kappa shape index (κ3) is 5.98. The van der Waals surface area contributed by atoms with Crippen LogP contribution in [0.2, 0.25) is 0 Å². The Kier molecular flexibility index (Phi) is 7.98. The lowest BCUT2D eigenvalue weighted by Gasteiger charge is -2.20. The molecule has 1 heterocycles. The molecule has 1 N–H and O–H groups in total. The minimum atomic E-state index is -0.267. The van der Waals surface area contributed by atoms with E-state index in [-0.39, 0.29) is 11.2 Å². The first-order valence-electron chi connectivity index (χ1n) is 10.8. The fourth-order valence-corrected chi connectivity index (χ4v) is 4.42. The van der Waals surface area contributed by atoms with Gasteiger partial charge in [-0.3, -0.25) is 4.79 Å². The maximum absolute atomic E-state index is 12.5. The molecule has 0 bridgehead atoms. The van der Waals surface area contributed by atoms with Crippen molar-refractivity contribution < 1.29 is 9.21 Å². The van der Waals surface area contributed by atoms with E-state index in [0.29, 0.717) is 17.2 Å². The Labute approximate surface area is 177 Å². The number of amides is 1. The van der Waals surface area contributed by atoms with E-state index < -0.39 is 0 Å². The van der Waals surface area contributed by atoms with Gasteiger partial charge in [-0.25, -0.2) is 0 Å². The summed E-state index contributed by atoms with van der Waals surface area (Å²) in [6.45, 7) is 8.12. The van der Waals surface area contributed by atoms with Crippen molar-refractivity contribution in [3.05, 3.63) is 24.3 Å². The van der Waals surface area contributed by atoms with Crippen LogP contribution in [0, 0.1) is 0 Å². The number of benzene rings is 1. The van der Waals surface area contributed by atoms with Gasteiger partial charge >= 0.3 is 0 Å². The number of anilines is 1. The fraction of sp³-hybridized carbons (Fsp3) is 0.591. The first-order chi connectivity index (χ1) is 14.1. The molecule has 0 radical (unpaired) electrons. The molecule has 1 aromatic heterocycles. The van der Waals surface area contributed by atoms with Gasteiger partial charge in [0.25, 0.3) is 5.22 Å². The highest BCUT2D eigenvalue weighted by Crippen LogP contribution is 2.28. The van der Waals surface area contributed by atoms with E-state index in [4.69, 9.17) is 4.42 Å². The highest BCUT2D eigenvalue weighted by molar-refractivity contribution is 8.00. The number of carbonyl (C=O) groups is 1. The molecule has 29 heavy (non-hydrogen) atoms. The average Bonchev–Trinajstić information content (AvgIpc) is 3.04.